The number of amides is 1. The first-order valence-corrected chi connectivity index (χ1v) is 9.27. The highest BCUT2D eigenvalue weighted by Gasteiger charge is 2.19. The van der Waals surface area contributed by atoms with E-state index in [-0.39, 0.29) is 17.2 Å². The topological polar surface area (TPSA) is 47.6 Å². The molecule has 0 fully saturated rings. The Morgan fingerprint density at radius 1 is 1.08 bits per heavy atom. The minimum Gasteiger partial charge on any atom is -0.497 e. The number of ether oxygens (including phenoxy) is 2. The molecule has 0 radical (unpaired) electrons. The smallest absolute Gasteiger partial charge is 0.233 e. The number of carbonyl (C=O) groups excluding carboxylic acids is 1. The first-order chi connectivity index (χ1) is 12.0. The second-order valence-electron chi connectivity index (χ2n) is 5.78. The molecule has 0 bridgehead atoms. The first kappa shape index (κ1) is 19.2. The van der Waals surface area contributed by atoms with Gasteiger partial charge in [0.15, 0.2) is 0 Å². The van der Waals surface area contributed by atoms with Crippen LogP contribution in [0, 0.1) is 0 Å². The highest BCUT2D eigenvalue weighted by Crippen LogP contribution is 2.29. The third-order valence-corrected chi connectivity index (χ3v) is 5.19. The average Bonchev–Trinajstić information content (AvgIpc) is 2.66. The Balaban J connectivity index is 1.97. The van der Waals surface area contributed by atoms with Crippen LogP contribution in [0.15, 0.2) is 48.5 Å². The van der Waals surface area contributed by atoms with Gasteiger partial charge in [-0.25, -0.2) is 0 Å². The lowest BCUT2D eigenvalue weighted by Crippen LogP contribution is -2.33. The molecule has 2 aromatic carbocycles. The van der Waals surface area contributed by atoms with Crippen molar-refractivity contribution in [3.8, 4) is 11.5 Å². The van der Waals surface area contributed by atoms with Gasteiger partial charge in [-0.15, -0.1) is 11.8 Å². The number of rotatable bonds is 8. The van der Waals surface area contributed by atoms with Crippen LogP contribution in [0.25, 0.3) is 0 Å². The van der Waals surface area contributed by atoms with Crippen LogP contribution in [0.5, 0.6) is 11.5 Å². The summed E-state index contributed by atoms with van der Waals surface area (Å²) >= 11 is 1.62. The molecular formula is C20H25NO3S. The molecule has 1 N–H and O–H groups in total. The number of thioether (sulfide) groups is 1. The zero-order valence-electron chi connectivity index (χ0n) is 15.1. The molecule has 0 spiro atoms. The van der Waals surface area contributed by atoms with Crippen molar-refractivity contribution >= 4 is 17.7 Å². The lowest BCUT2D eigenvalue weighted by atomic mass is 10.1. The van der Waals surface area contributed by atoms with Crippen molar-refractivity contribution in [3.63, 3.8) is 0 Å². The second kappa shape index (κ2) is 9.37. The molecule has 25 heavy (non-hydrogen) atoms. The van der Waals surface area contributed by atoms with Crippen LogP contribution in [0.4, 0.5) is 0 Å². The molecule has 2 rings (SSSR count). The van der Waals surface area contributed by atoms with Crippen molar-refractivity contribution in [1.82, 2.24) is 5.32 Å². The summed E-state index contributed by atoms with van der Waals surface area (Å²) in [5, 5.41) is 2.92. The second-order valence-corrected chi connectivity index (χ2v) is 7.11. The molecule has 0 aromatic heterocycles. The van der Waals surface area contributed by atoms with E-state index in [0.29, 0.717) is 0 Å². The molecule has 134 valence electrons. The summed E-state index contributed by atoms with van der Waals surface area (Å²) in [5.41, 5.74) is 2.12. The summed E-state index contributed by atoms with van der Waals surface area (Å²) in [4.78, 5) is 12.5. The SMILES string of the molecule is COc1ccc(OC)c(C(C)NC(=O)C(C)SCc2ccccc2)c1. The normalized spacial score (nSPS) is 13.0. The van der Waals surface area contributed by atoms with Crippen molar-refractivity contribution in [1.29, 1.82) is 0 Å². The third-order valence-electron chi connectivity index (χ3n) is 3.97. The molecule has 5 heteroatoms. The van der Waals surface area contributed by atoms with Gasteiger partial charge < -0.3 is 14.8 Å². The van der Waals surface area contributed by atoms with E-state index in [9.17, 15) is 4.79 Å². The summed E-state index contributed by atoms with van der Waals surface area (Å²) in [6.45, 7) is 3.88. The minimum atomic E-state index is -0.169. The Morgan fingerprint density at radius 2 is 1.80 bits per heavy atom. The Hall–Kier alpha value is -2.14. The van der Waals surface area contributed by atoms with Gasteiger partial charge in [-0.3, -0.25) is 4.79 Å². The van der Waals surface area contributed by atoms with Crippen molar-refractivity contribution in [2.24, 2.45) is 0 Å². The van der Waals surface area contributed by atoms with Crippen LogP contribution in [0.1, 0.15) is 31.0 Å². The number of methoxy groups -OCH3 is 2. The fourth-order valence-corrected chi connectivity index (χ4v) is 3.31. The van der Waals surface area contributed by atoms with Gasteiger partial charge in [-0.2, -0.15) is 0 Å². The van der Waals surface area contributed by atoms with E-state index < -0.39 is 0 Å². The molecule has 2 atom stereocenters. The predicted molar refractivity (Wildman–Crippen MR) is 103 cm³/mol. The lowest BCUT2D eigenvalue weighted by molar-refractivity contribution is -0.120. The summed E-state index contributed by atoms with van der Waals surface area (Å²) in [5.74, 6) is 2.30. The summed E-state index contributed by atoms with van der Waals surface area (Å²) in [6.07, 6.45) is 0. The number of carbonyl (C=O) groups is 1. The molecule has 0 heterocycles. The van der Waals surface area contributed by atoms with E-state index in [1.807, 2.05) is 50.2 Å². The van der Waals surface area contributed by atoms with Crippen molar-refractivity contribution < 1.29 is 14.3 Å². The maximum Gasteiger partial charge on any atom is 0.233 e. The van der Waals surface area contributed by atoms with Crippen LogP contribution in [-0.2, 0) is 10.5 Å². The fourth-order valence-electron chi connectivity index (χ4n) is 2.46. The maximum atomic E-state index is 12.5. The van der Waals surface area contributed by atoms with E-state index in [4.69, 9.17) is 9.47 Å². The Kier molecular flexibility index (Phi) is 7.19. The number of hydrogen-bond acceptors (Lipinski definition) is 4. The first-order valence-electron chi connectivity index (χ1n) is 8.23. The molecular weight excluding hydrogens is 334 g/mol. The van der Waals surface area contributed by atoms with Crippen LogP contribution in [0.3, 0.4) is 0 Å². The van der Waals surface area contributed by atoms with Gasteiger partial charge in [-0.1, -0.05) is 30.3 Å². The van der Waals surface area contributed by atoms with Gasteiger partial charge in [0.25, 0.3) is 0 Å². The molecule has 0 aliphatic heterocycles. The number of nitrogens with one attached hydrogen (secondary N) is 1. The van der Waals surface area contributed by atoms with E-state index in [1.54, 1.807) is 26.0 Å². The van der Waals surface area contributed by atoms with Crippen molar-refractivity contribution in [2.75, 3.05) is 14.2 Å². The van der Waals surface area contributed by atoms with Gasteiger partial charge in [-0.05, 0) is 37.6 Å². The number of benzene rings is 2. The molecule has 2 unspecified atom stereocenters. The maximum absolute atomic E-state index is 12.5. The van der Waals surface area contributed by atoms with E-state index >= 15 is 0 Å². The van der Waals surface area contributed by atoms with Gasteiger partial charge in [0.05, 0.1) is 25.5 Å². The highest BCUT2D eigenvalue weighted by molar-refractivity contribution is 7.99. The van der Waals surface area contributed by atoms with Gasteiger partial charge in [0.2, 0.25) is 5.91 Å². The van der Waals surface area contributed by atoms with E-state index in [0.717, 1.165) is 22.8 Å². The van der Waals surface area contributed by atoms with Crippen molar-refractivity contribution in [3.05, 3.63) is 59.7 Å². The molecule has 0 aliphatic rings. The van der Waals surface area contributed by atoms with Gasteiger partial charge in [0.1, 0.15) is 11.5 Å². The monoisotopic (exact) mass is 359 g/mol. The van der Waals surface area contributed by atoms with Crippen LogP contribution < -0.4 is 14.8 Å². The quantitative estimate of drug-likeness (QED) is 0.767. The van der Waals surface area contributed by atoms with Crippen LogP contribution in [0.2, 0.25) is 0 Å². The molecule has 2 aromatic rings. The molecule has 0 saturated heterocycles. The predicted octanol–water partition coefficient (Wildman–Crippen LogP) is 4.20. The molecule has 1 amide bonds. The summed E-state index contributed by atoms with van der Waals surface area (Å²) in [6, 6.07) is 15.6. The number of hydrogen-bond donors (Lipinski definition) is 1. The molecule has 0 saturated carbocycles. The lowest BCUT2D eigenvalue weighted by Gasteiger charge is -2.20. The Labute approximate surface area is 153 Å². The highest BCUT2D eigenvalue weighted by atomic mass is 32.2. The molecule has 4 nitrogen and oxygen atoms in total. The fraction of sp³-hybridized carbons (Fsp3) is 0.350. The Bertz CT molecular complexity index is 691. The minimum absolute atomic E-state index is 0.0123. The van der Waals surface area contributed by atoms with Crippen molar-refractivity contribution in [2.45, 2.75) is 30.9 Å². The largest absolute Gasteiger partial charge is 0.497 e. The standard InChI is InChI=1S/C20H25NO3S/c1-14(18-12-17(23-3)10-11-19(18)24-4)21-20(22)15(2)25-13-16-8-6-5-7-9-16/h5-12,14-15H,13H2,1-4H3,(H,21,22). The Morgan fingerprint density at radius 3 is 2.44 bits per heavy atom. The average molecular weight is 359 g/mol. The summed E-state index contributed by atoms with van der Waals surface area (Å²) < 4.78 is 10.7. The van der Waals surface area contributed by atoms with Crippen LogP contribution >= 0.6 is 11.8 Å². The molecule has 0 aliphatic carbocycles. The van der Waals surface area contributed by atoms with E-state index in [2.05, 4.69) is 17.4 Å². The van der Waals surface area contributed by atoms with Crippen LogP contribution in [-0.4, -0.2) is 25.4 Å². The summed E-state index contributed by atoms with van der Waals surface area (Å²) in [7, 11) is 3.25. The zero-order chi connectivity index (χ0) is 18.2. The van der Waals surface area contributed by atoms with Gasteiger partial charge >= 0.3 is 0 Å². The van der Waals surface area contributed by atoms with Gasteiger partial charge in [0, 0.05) is 11.3 Å². The zero-order valence-corrected chi connectivity index (χ0v) is 15.9. The van der Waals surface area contributed by atoms with E-state index in [1.165, 1.54) is 5.56 Å². The third kappa shape index (κ3) is 5.43.